The average Bonchev–Trinajstić information content (AvgIpc) is 2.67. The van der Waals surface area contributed by atoms with Crippen LogP contribution in [0.25, 0.3) is 0 Å². The van der Waals surface area contributed by atoms with E-state index in [9.17, 15) is 9.59 Å². The third kappa shape index (κ3) is 2.99. The van der Waals surface area contributed by atoms with Gasteiger partial charge < -0.3 is 9.64 Å². The molecule has 2 aromatic rings. The van der Waals surface area contributed by atoms with E-state index < -0.39 is 0 Å². The van der Waals surface area contributed by atoms with E-state index in [1.165, 1.54) is 0 Å². The zero-order valence-electron chi connectivity index (χ0n) is 13.3. The summed E-state index contributed by atoms with van der Waals surface area (Å²) in [5.74, 6) is 0.410. The second-order valence-corrected chi connectivity index (χ2v) is 5.44. The molecule has 0 spiro atoms. The van der Waals surface area contributed by atoms with Crippen molar-refractivity contribution in [3.05, 3.63) is 83.7 Å². The minimum atomic E-state index is -0.337. The fraction of sp³-hybridized carbons (Fsp3) is 0.100. The third-order valence-corrected chi connectivity index (χ3v) is 4.02. The molecule has 0 saturated carbocycles. The van der Waals surface area contributed by atoms with Gasteiger partial charge in [-0.15, -0.1) is 0 Å². The van der Waals surface area contributed by atoms with E-state index in [0.717, 1.165) is 29.6 Å². The molecular formula is C20H17NO3. The summed E-state index contributed by atoms with van der Waals surface area (Å²) in [7, 11) is 1.61. The molecule has 1 heterocycles. The first-order chi connectivity index (χ1) is 11.8. The van der Waals surface area contributed by atoms with E-state index in [4.69, 9.17) is 4.74 Å². The quantitative estimate of drug-likeness (QED) is 0.792. The fourth-order valence-corrected chi connectivity index (χ4v) is 2.83. The molecule has 0 aromatic heterocycles. The Morgan fingerprint density at radius 3 is 1.96 bits per heavy atom. The normalized spacial score (nSPS) is 14.6. The minimum absolute atomic E-state index is 0.337. The number of aldehydes is 2. The highest BCUT2D eigenvalue weighted by Gasteiger charge is 2.26. The van der Waals surface area contributed by atoms with E-state index in [-0.39, 0.29) is 5.92 Å². The van der Waals surface area contributed by atoms with Gasteiger partial charge in [-0.2, -0.15) is 0 Å². The SMILES string of the molecule is COc1ccc(N2C=C(C=O)C(c3ccccc3)C(C=O)=C2)cc1. The molecule has 0 atom stereocenters. The topological polar surface area (TPSA) is 46.6 Å². The van der Waals surface area contributed by atoms with E-state index in [2.05, 4.69) is 0 Å². The van der Waals surface area contributed by atoms with Crippen molar-refractivity contribution in [2.45, 2.75) is 5.92 Å². The third-order valence-electron chi connectivity index (χ3n) is 4.02. The molecule has 24 heavy (non-hydrogen) atoms. The minimum Gasteiger partial charge on any atom is -0.497 e. The summed E-state index contributed by atoms with van der Waals surface area (Å²) in [5, 5.41) is 0. The number of hydrogen-bond acceptors (Lipinski definition) is 4. The monoisotopic (exact) mass is 319 g/mol. The Morgan fingerprint density at radius 2 is 1.46 bits per heavy atom. The number of anilines is 1. The van der Waals surface area contributed by atoms with Crippen LogP contribution < -0.4 is 9.64 Å². The summed E-state index contributed by atoms with van der Waals surface area (Å²) < 4.78 is 5.15. The molecule has 120 valence electrons. The molecule has 4 heteroatoms. The summed E-state index contributed by atoms with van der Waals surface area (Å²) in [6.07, 6.45) is 5.15. The lowest BCUT2D eigenvalue weighted by molar-refractivity contribution is -0.105. The van der Waals surface area contributed by atoms with Crippen LogP contribution in [0.5, 0.6) is 5.75 Å². The van der Waals surface area contributed by atoms with Crippen molar-refractivity contribution in [3.8, 4) is 5.75 Å². The van der Waals surface area contributed by atoms with Crippen LogP contribution in [0.4, 0.5) is 5.69 Å². The molecule has 4 nitrogen and oxygen atoms in total. The Balaban J connectivity index is 2.01. The van der Waals surface area contributed by atoms with Crippen molar-refractivity contribution < 1.29 is 14.3 Å². The van der Waals surface area contributed by atoms with Crippen molar-refractivity contribution >= 4 is 18.3 Å². The summed E-state index contributed by atoms with van der Waals surface area (Å²) in [4.78, 5) is 25.0. The summed E-state index contributed by atoms with van der Waals surface area (Å²) >= 11 is 0. The molecule has 1 aliphatic heterocycles. The van der Waals surface area contributed by atoms with E-state index in [1.54, 1.807) is 24.4 Å². The molecule has 0 fully saturated rings. The zero-order chi connectivity index (χ0) is 16.9. The first kappa shape index (κ1) is 15.7. The van der Waals surface area contributed by atoms with Crippen LogP contribution in [0.1, 0.15) is 11.5 Å². The van der Waals surface area contributed by atoms with Gasteiger partial charge in [0.1, 0.15) is 18.3 Å². The van der Waals surface area contributed by atoms with Crippen molar-refractivity contribution in [3.63, 3.8) is 0 Å². The smallest absolute Gasteiger partial charge is 0.148 e. The Bertz CT molecular complexity index is 765. The molecule has 1 aliphatic rings. The number of carbonyl (C=O) groups is 2. The van der Waals surface area contributed by atoms with Crippen LogP contribution in [-0.2, 0) is 9.59 Å². The van der Waals surface area contributed by atoms with Gasteiger partial charge in [-0.25, -0.2) is 0 Å². The number of carbonyl (C=O) groups excluding carboxylic acids is 2. The molecule has 0 N–H and O–H groups in total. The predicted molar refractivity (Wildman–Crippen MR) is 93.0 cm³/mol. The molecule has 0 amide bonds. The van der Waals surface area contributed by atoms with E-state index in [0.29, 0.717) is 11.1 Å². The van der Waals surface area contributed by atoms with Gasteiger partial charge in [-0.1, -0.05) is 30.3 Å². The van der Waals surface area contributed by atoms with Gasteiger partial charge in [0.15, 0.2) is 0 Å². The summed E-state index contributed by atoms with van der Waals surface area (Å²) in [6.45, 7) is 0. The van der Waals surface area contributed by atoms with Crippen LogP contribution in [0.15, 0.2) is 78.1 Å². The van der Waals surface area contributed by atoms with Gasteiger partial charge in [0, 0.05) is 35.2 Å². The van der Waals surface area contributed by atoms with Crippen LogP contribution in [0, 0.1) is 0 Å². The van der Waals surface area contributed by atoms with Gasteiger partial charge in [0.2, 0.25) is 0 Å². The maximum atomic E-state index is 11.6. The average molecular weight is 319 g/mol. The Morgan fingerprint density at radius 1 is 0.875 bits per heavy atom. The first-order valence-electron chi connectivity index (χ1n) is 7.58. The molecular weight excluding hydrogens is 302 g/mol. The molecule has 0 radical (unpaired) electrons. The van der Waals surface area contributed by atoms with Gasteiger partial charge in [0.05, 0.1) is 7.11 Å². The Labute approximate surface area is 140 Å². The molecule has 3 rings (SSSR count). The number of methoxy groups -OCH3 is 1. The zero-order valence-corrected chi connectivity index (χ0v) is 13.3. The van der Waals surface area contributed by atoms with Crippen molar-refractivity contribution in [1.29, 1.82) is 0 Å². The maximum Gasteiger partial charge on any atom is 0.148 e. The summed E-state index contributed by atoms with van der Waals surface area (Å²) in [5.41, 5.74) is 2.85. The van der Waals surface area contributed by atoms with Crippen LogP contribution >= 0.6 is 0 Å². The number of rotatable bonds is 5. The Hall–Kier alpha value is -3.14. The largest absolute Gasteiger partial charge is 0.497 e. The highest BCUT2D eigenvalue weighted by molar-refractivity contribution is 5.88. The second-order valence-electron chi connectivity index (χ2n) is 5.44. The molecule has 0 saturated heterocycles. The number of benzene rings is 2. The van der Waals surface area contributed by atoms with Gasteiger partial charge in [-0.3, -0.25) is 9.59 Å². The predicted octanol–water partition coefficient (Wildman–Crippen LogP) is 3.46. The first-order valence-corrected chi connectivity index (χ1v) is 7.58. The number of nitrogens with zero attached hydrogens (tertiary/aromatic N) is 1. The van der Waals surface area contributed by atoms with Crippen molar-refractivity contribution in [1.82, 2.24) is 0 Å². The summed E-state index contributed by atoms with van der Waals surface area (Å²) in [6, 6.07) is 17.0. The number of hydrogen-bond donors (Lipinski definition) is 0. The molecule has 0 bridgehead atoms. The standard InChI is InChI=1S/C20H17NO3/c1-24-19-9-7-18(8-10-19)21-11-16(13-22)20(17(12-21)14-23)15-5-3-2-4-6-15/h2-14,20H,1H3. The lowest BCUT2D eigenvalue weighted by atomic mass is 9.84. The Kier molecular flexibility index (Phi) is 4.57. The lowest BCUT2D eigenvalue weighted by Crippen LogP contribution is -2.21. The fourth-order valence-electron chi connectivity index (χ4n) is 2.83. The second kappa shape index (κ2) is 6.96. The lowest BCUT2D eigenvalue weighted by Gasteiger charge is -2.28. The van der Waals surface area contributed by atoms with Gasteiger partial charge in [-0.05, 0) is 29.8 Å². The number of allylic oxidation sites excluding steroid dienone is 2. The van der Waals surface area contributed by atoms with Crippen molar-refractivity contribution in [2.24, 2.45) is 0 Å². The van der Waals surface area contributed by atoms with Crippen molar-refractivity contribution in [2.75, 3.05) is 12.0 Å². The maximum absolute atomic E-state index is 11.6. The van der Waals surface area contributed by atoms with Crippen LogP contribution in [0.3, 0.4) is 0 Å². The number of ether oxygens (including phenoxy) is 1. The van der Waals surface area contributed by atoms with Crippen LogP contribution in [0.2, 0.25) is 0 Å². The van der Waals surface area contributed by atoms with Gasteiger partial charge in [0.25, 0.3) is 0 Å². The highest BCUT2D eigenvalue weighted by atomic mass is 16.5. The van der Waals surface area contributed by atoms with E-state index >= 15 is 0 Å². The molecule has 0 unspecified atom stereocenters. The highest BCUT2D eigenvalue weighted by Crippen LogP contribution is 2.35. The molecule has 0 aliphatic carbocycles. The van der Waals surface area contributed by atoms with Gasteiger partial charge >= 0.3 is 0 Å². The van der Waals surface area contributed by atoms with Crippen LogP contribution in [-0.4, -0.2) is 19.7 Å². The van der Waals surface area contributed by atoms with E-state index in [1.807, 2.05) is 54.6 Å². The molecule has 2 aromatic carbocycles.